The third-order valence-corrected chi connectivity index (χ3v) is 3.79. The predicted octanol–water partition coefficient (Wildman–Crippen LogP) is 3.67. The molecule has 0 radical (unpaired) electrons. The van der Waals surface area contributed by atoms with Crippen LogP contribution in [0.1, 0.15) is 12.5 Å². The Labute approximate surface area is 151 Å². The van der Waals surface area contributed by atoms with E-state index in [1.807, 2.05) is 13.0 Å². The summed E-state index contributed by atoms with van der Waals surface area (Å²) < 4.78 is 5.27. The van der Waals surface area contributed by atoms with Gasteiger partial charge in [-0.3, -0.25) is 9.59 Å². The van der Waals surface area contributed by atoms with Gasteiger partial charge in [-0.2, -0.15) is 0 Å². The van der Waals surface area contributed by atoms with Crippen LogP contribution in [0.4, 0.5) is 17.1 Å². The van der Waals surface area contributed by atoms with Gasteiger partial charge < -0.3 is 20.7 Å². The van der Waals surface area contributed by atoms with E-state index in [2.05, 4.69) is 16.0 Å². The van der Waals surface area contributed by atoms with Crippen LogP contribution in [0.15, 0.2) is 36.4 Å². The zero-order valence-electron chi connectivity index (χ0n) is 14.3. The van der Waals surface area contributed by atoms with Gasteiger partial charge in [0.2, 0.25) is 11.8 Å². The highest BCUT2D eigenvalue weighted by Crippen LogP contribution is 2.30. The van der Waals surface area contributed by atoms with Crippen LogP contribution in [-0.4, -0.2) is 25.5 Å². The molecule has 3 N–H and O–H groups in total. The third-order valence-electron chi connectivity index (χ3n) is 3.39. The first-order chi connectivity index (χ1) is 11.9. The molecule has 0 aliphatic rings. The van der Waals surface area contributed by atoms with Crippen LogP contribution < -0.4 is 20.7 Å². The molecule has 0 saturated heterocycles. The summed E-state index contributed by atoms with van der Waals surface area (Å²) in [5.74, 6) is 0.168. The van der Waals surface area contributed by atoms with Crippen molar-refractivity contribution in [3.8, 4) is 5.75 Å². The van der Waals surface area contributed by atoms with Gasteiger partial charge in [0.1, 0.15) is 5.75 Å². The van der Waals surface area contributed by atoms with E-state index in [0.29, 0.717) is 27.8 Å². The Morgan fingerprint density at radius 2 is 1.80 bits per heavy atom. The first kappa shape index (κ1) is 18.6. The van der Waals surface area contributed by atoms with E-state index in [-0.39, 0.29) is 18.4 Å². The van der Waals surface area contributed by atoms with E-state index < -0.39 is 0 Å². The Hall–Kier alpha value is -2.73. The quantitative estimate of drug-likeness (QED) is 0.733. The highest BCUT2D eigenvalue weighted by molar-refractivity contribution is 6.31. The van der Waals surface area contributed by atoms with Crippen molar-refractivity contribution in [2.75, 3.05) is 29.6 Å². The number of nitrogens with one attached hydrogen (secondary N) is 3. The number of anilines is 3. The maximum absolute atomic E-state index is 12.1. The summed E-state index contributed by atoms with van der Waals surface area (Å²) in [4.78, 5) is 23.2. The van der Waals surface area contributed by atoms with Crippen LogP contribution in [-0.2, 0) is 9.59 Å². The van der Waals surface area contributed by atoms with Gasteiger partial charge in [0.15, 0.2) is 0 Å². The number of halogens is 1. The van der Waals surface area contributed by atoms with Gasteiger partial charge in [0.05, 0.1) is 19.3 Å². The van der Waals surface area contributed by atoms with Crippen LogP contribution in [0.5, 0.6) is 5.75 Å². The maximum atomic E-state index is 12.1. The Bertz CT molecular complexity index is 793. The lowest BCUT2D eigenvalue weighted by Crippen LogP contribution is -2.22. The molecule has 6 nitrogen and oxygen atoms in total. The van der Waals surface area contributed by atoms with Crippen molar-refractivity contribution in [2.45, 2.75) is 13.8 Å². The second kappa shape index (κ2) is 8.39. The summed E-state index contributed by atoms with van der Waals surface area (Å²) in [6.45, 7) is 3.36. The van der Waals surface area contributed by atoms with Crippen LogP contribution >= 0.6 is 11.6 Å². The predicted molar refractivity (Wildman–Crippen MR) is 101 cm³/mol. The molecular weight excluding hydrogens is 342 g/mol. The molecule has 0 aromatic heterocycles. The normalized spacial score (nSPS) is 10.1. The Morgan fingerprint density at radius 3 is 2.44 bits per heavy atom. The van der Waals surface area contributed by atoms with E-state index >= 15 is 0 Å². The van der Waals surface area contributed by atoms with Crippen molar-refractivity contribution >= 4 is 40.5 Å². The number of ether oxygens (including phenoxy) is 1. The second-order valence-electron chi connectivity index (χ2n) is 5.47. The van der Waals surface area contributed by atoms with Crippen molar-refractivity contribution < 1.29 is 14.3 Å². The second-order valence-corrected chi connectivity index (χ2v) is 5.87. The molecule has 0 atom stereocenters. The number of carbonyl (C=O) groups excluding carboxylic acids is 2. The number of hydrogen-bond acceptors (Lipinski definition) is 4. The molecule has 7 heteroatoms. The zero-order valence-corrected chi connectivity index (χ0v) is 15.0. The van der Waals surface area contributed by atoms with E-state index in [1.165, 1.54) is 6.92 Å². The van der Waals surface area contributed by atoms with E-state index in [1.54, 1.807) is 37.4 Å². The van der Waals surface area contributed by atoms with Gasteiger partial charge in [0, 0.05) is 29.4 Å². The standard InChI is InChI=1S/C18H20ClN3O3/c1-11-7-16(17(25-3)9-15(11)19)20-10-18(24)22-14-6-4-5-13(8-14)21-12(2)23/h4-9,20H,10H2,1-3H3,(H,21,23)(H,22,24). The van der Waals surface area contributed by atoms with Crippen molar-refractivity contribution in [3.05, 3.63) is 47.0 Å². The van der Waals surface area contributed by atoms with E-state index in [4.69, 9.17) is 16.3 Å². The number of amides is 2. The molecule has 132 valence electrons. The Morgan fingerprint density at radius 1 is 1.12 bits per heavy atom. The molecule has 0 unspecified atom stereocenters. The van der Waals surface area contributed by atoms with Gasteiger partial charge in [0.25, 0.3) is 0 Å². The Kier molecular flexibility index (Phi) is 6.25. The smallest absolute Gasteiger partial charge is 0.243 e. The monoisotopic (exact) mass is 361 g/mol. The lowest BCUT2D eigenvalue weighted by molar-refractivity contribution is -0.115. The number of rotatable bonds is 6. The first-order valence-corrected chi connectivity index (χ1v) is 8.02. The minimum Gasteiger partial charge on any atom is -0.495 e. The minimum absolute atomic E-state index is 0.0573. The van der Waals surface area contributed by atoms with Gasteiger partial charge in [-0.25, -0.2) is 0 Å². The van der Waals surface area contributed by atoms with Gasteiger partial charge in [-0.15, -0.1) is 0 Å². The van der Waals surface area contributed by atoms with Crippen molar-refractivity contribution in [2.24, 2.45) is 0 Å². The SMILES string of the molecule is COc1cc(Cl)c(C)cc1NCC(=O)Nc1cccc(NC(C)=O)c1. The average molecular weight is 362 g/mol. The molecule has 0 fully saturated rings. The summed E-state index contributed by atoms with van der Waals surface area (Å²) in [7, 11) is 1.54. The van der Waals surface area contributed by atoms with Crippen LogP contribution in [0.3, 0.4) is 0 Å². The largest absolute Gasteiger partial charge is 0.495 e. The fourth-order valence-corrected chi connectivity index (χ4v) is 2.38. The highest BCUT2D eigenvalue weighted by atomic mass is 35.5. The molecular formula is C18H20ClN3O3. The topological polar surface area (TPSA) is 79.5 Å². The maximum Gasteiger partial charge on any atom is 0.243 e. The first-order valence-electron chi connectivity index (χ1n) is 7.64. The average Bonchev–Trinajstić information content (AvgIpc) is 2.55. The highest BCUT2D eigenvalue weighted by Gasteiger charge is 2.09. The molecule has 0 aliphatic heterocycles. The summed E-state index contributed by atoms with van der Waals surface area (Å²) in [5, 5.41) is 9.07. The lowest BCUT2D eigenvalue weighted by Gasteiger charge is -2.13. The molecule has 0 saturated carbocycles. The molecule has 2 amide bonds. The molecule has 0 heterocycles. The molecule has 25 heavy (non-hydrogen) atoms. The van der Waals surface area contributed by atoms with Crippen LogP contribution in [0, 0.1) is 6.92 Å². The summed E-state index contributed by atoms with van der Waals surface area (Å²) >= 11 is 6.07. The van der Waals surface area contributed by atoms with Crippen molar-refractivity contribution in [1.82, 2.24) is 0 Å². The van der Waals surface area contributed by atoms with Crippen LogP contribution in [0.25, 0.3) is 0 Å². The van der Waals surface area contributed by atoms with Gasteiger partial charge in [-0.1, -0.05) is 17.7 Å². The number of carbonyl (C=O) groups is 2. The molecule has 0 spiro atoms. The third kappa shape index (κ3) is 5.39. The number of methoxy groups -OCH3 is 1. The van der Waals surface area contributed by atoms with Crippen molar-refractivity contribution in [1.29, 1.82) is 0 Å². The Balaban J connectivity index is 1.99. The van der Waals surface area contributed by atoms with E-state index in [9.17, 15) is 9.59 Å². The van der Waals surface area contributed by atoms with Crippen molar-refractivity contribution in [3.63, 3.8) is 0 Å². The molecule has 2 rings (SSSR count). The van der Waals surface area contributed by atoms with Gasteiger partial charge >= 0.3 is 0 Å². The summed E-state index contributed by atoms with van der Waals surface area (Å²) in [6.07, 6.45) is 0. The fourth-order valence-electron chi connectivity index (χ4n) is 2.23. The number of hydrogen-bond donors (Lipinski definition) is 3. The van der Waals surface area contributed by atoms with E-state index in [0.717, 1.165) is 5.56 Å². The lowest BCUT2D eigenvalue weighted by atomic mass is 10.2. The fraction of sp³-hybridized carbons (Fsp3) is 0.222. The molecule has 2 aromatic carbocycles. The molecule has 2 aromatic rings. The van der Waals surface area contributed by atoms with Crippen LogP contribution in [0.2, 0.25) is 5.02 Å². The molecule has 0 aliphatic carbocycles. The number of aryl methyl sites for hydroxylation is 1. The van der Waals surface area contributed by atoms with Gasteiger partial charge in [-0.05, 0) is 36.8 Å². The minimum atomic E-state index is -0.227. The molecule has 0 bridgehead atoms. The zero-order chi connectivity index (χ0) is 18.4. The summed E-state index contributed by atoms with van der Waals surface area (Å²) in [5.41, 5.74) is 2.78. The summed E-state index contributed by atoms with van der Waals surface area (Å²) in [6, 6.07) is 10.5. The number of benzene rings is 2.